The molecule has 190 valence electrons. The number of halogens is 5. The van der Waals surface area contributed by atoms with Gasteiger partial charge in [0.2, 0.25) is 0 Å². The van der Waals surface area contributed by atoms with Gasteiger partial charge in [0, 0.05) is 28.2 Å². The molecule has 1 aliphatic heterocycles. The van der Waals surface area contributed by atoms with Gasteiger partial charge >= 0.3 is 17.7 Å². The first-order chi connectivity index (χ1) is 17.5. The Kier molecular flexibility index (Phi) is 6.37. The van der Waals surface area contributed by atoms with Crippen molar-refractivity contribution in [3.63, 3.8) is 0 Å². The molecule has 0 amide bonds. The number of alkyl halides is 3. The van der Waals surface area contributed by atoms with Crippen molar-refractivity contribution in [2.45, 2.75) is 19.3 Å². The smallest absolute Gasteiger partial charge is 0.416 e. The van der Waals surface area contributed by atoms with E-state index in [9.17, 15) is 23.1 Å². The van der Waals surface area contributed by atoms with Gasteiger partial charge in [0.15, 0.2) is 0 Å². The number of fused-ring (bicyclic) bond motifs is 1. The Morgan fingerprint density at radius 1 is 1.05 bits per heavy atom. The highest BCUT2D eigenvalue weighted by atomic mass is 35.5. The van der Waals surface area contributed by atoms with E-state index in [1.165, 1.54) is 10.6 Å². The molecule has 2 aromatic carbocycles. The van der Waals surface area contributed by atoms with Crippen LogP contribution in [0.2, 0.25) is 10.2 Å². The second-order valence-corrected chi connectivity index (χ2v) is 9.47. The second kappa shape index (κ2) is 9.39. The lowest BCUT2D eigenvalue weighted by Crippen LogP contribution is -2.44. The molecule has 0 spiro atoms. The monoisotopic (exact) mass is 546 g/mol. The number of rotatable bonds is 4. The van der Waals surface area contributed by atoms with E-state index < -0.39 is 23.2 Å². The minimum absolute atomic E-state index is 0.0221. The first kappa shape index (κ1) is 25.1. The highest BCUT2D eigenvalue weighted by molar-refractivity contribution is 6.33. The van der Waals surface area contributed by atoms with Crippen LogP contribution >= 0.6 is 23.2 Å². The van der Waals surface area contributed by atoms with Gasteiger partial charge in [-0.15, -0.1) is 0 Å². The summed E-state index contributed by atoms with van der Waals surface area (Å²) < 4.78 is 42.1. The third-order valence-corrected chi connectivity index (χ3v) is 6.85. The number of hydrogen-bond acceptors (Lipinski definition) is 4. The van der Waals surface area contributed by atoms with Crippen molar-refractivity contribution < 1.29 is 22.8 Å². The van der Waals surface area contributed by atoms with Crippen LogP contribution in [0.4, 0.5) is 19.1 Å². The van der Waals surface area contributed by atoms with Crippen molar-refractivity contribution in [1.29, 1.82) is 0 Å². The van der Waals surface area contributed by atoms with Crippen LogP contribution in [0, 0.1) is 0 Å². The minimum Gasteiger partial charge on any atom is -0.848 e. The molecule has 0 atom stereocenters. The Balaban J connectivity index is 1.54. The van der Waals surface area contributed by atoms with Gasteiger partial charge in [0.1, 0.15) is 11.7 Å². The van der Waals surface area contributed by atoms with E-state index in [2.05, 4.69) is 4.98 Å². The molecule has 0 fully saturated rings. The fourth-order valence-corrected chi connectivity index (χ4v) is 4.95. The SMILES string of the molecule is C[n+]1c([O-])c(-c2cccc(-c3ccc(C(F)(F)F)cc3Cl)c2)c(=O)n2c1N(Cc1ccc(Cl)nc1)CC2. The average Bonchev–Trinajstić information content (AvgIpc) is 3.28. The van der Waals surface area contributed by atoms with Crippen molar-refractivity contribution in [2.75, 3.05) is 11.4 Å². The summed E-state index contributed by atoms with van der Waals surface area (Å²) in [6, 6.07) is 13.1. The lowest BCUT2D eigenvalue weighted by Gasteiger charge is -2.20. The van der Waals surface area contributed by atoms with Gasteiger partial charge in [-0.2, -0.15) is 17.7 Å². The van der Waals surface area contributed by atoms with E-state index in [0.29, 0.717) is 47.4 Å². The minimum atomic E-state index is -4.52. The molecule has 5 rings (SSSR count). The largest absolute Gasteiger partial charge is 0.848 e. The van der Waals surface area contributed by atoms with E-state index in [4.69, 9.17) is 23.2 Å². The normalized spacial score (nSPS) is 13.2. The lowest BCUT2D eigenvalue weighted by molar-refractivity contribution is -0.705. The van der Waals surface area contributed by atoms with Crippen LogP contribution in [0.25, 0.3) is 22.3 Å². The molecule has 37 heavy (non-hydrogen) atoms. The summed E-state index contributed by atoms with van der Waals surface area (Å²) in [5.74, 6) is 0.00341. The Morgan fingerprint density at radius 2 is 1.81 bits per heavy atom. The van der Waals surface area contributed by atoms with Crippen molar-refractivity contribution in [1.82, 2.24) is 9.55 Å². The number of aromatic nitrogens is 3. The highest BCUT2D eigenvalue weighted by Gasteiger charge is 2.34. The molecule has 6 nitrogen and oxygen atoms in total. The summed E-state index contributed by atoms with van der Waals surface area (Å²) in [7, 11) is 1.60. The summed E-state index contributed by atoms with van der Waals surface area (Å²) in [6.45, 7) is 1.36. The van der Waals surface area contributed by atoms with Gasteiger partial charge in [-0.3, -0.25) is 9.69 Å². The van der Waals surface area contributed by atoms with Crippen LogP contribution in [0.5, 0.6) is 5.88 Å². The molecule has 2 aromatic heterocycles. The van der Waals surface area contributed by atoms with Gasteiger partial charge in [0.25, 0.3) is 0 Å². The summed E-state index contributed by atoms with van der Waals surface area (Å²) in [6.07, 6.45) is -2.87. The molecule has 0 unspecified atom stereocenters. The quantitative estimate of drug-likeness (QED) is 0.272. The molecule has 0 saturated heterocycles. The van der Waals surface area contributed by atoms with Crippen molar-refractivity contribution in [3.8, 4) is 28.1 Å². The van der Waals surface area contributed by atoms with E-state index in [1.54, 1.807) is 48.1 Å². The van der Waals surface area contributed by atoms with E-state index >= 15 is 0 Å². The summed E-state index contributed by atoms with van der Waals surface area (Å²) in [5.41, 5.74) is 0.758. The molecule has 4 aromatic rings. The van der Waals surface area contributed by atoms with Crippen LogP contribution in [-0.2, 0) is 26.3 Å². The summed E-state index contributed by atoms with van der Waals surface area (Å²) >= 11 is 12.0. The molecule has 0 saturated carbocycles. The summed E-state index contributed by atoms with van der Waals surface area (Å²) in [4.78, 5) is 19.5. The molecular formula is C26H19Cl2F3N4O2. The van der Waals surface area contributed by atoms with Gasteiger partial charge in [0.05, 0.1) is 31.3 Å². The maximum atomic E-state index is 13.5. The van der Waals surface area contributed by atoms with Gasteiger partial charge in [-0.1, -0.05) is 53.5 Å². The predicted octanol–water partition coefficient (Wildman–Crippen LogP) is 4.82. The van der Waals surface area contributed by atoms with Crippen molar-refractivity contribution in [2.24, 2.45) is 7.05 Å². The van der Waals surface area contributed by atoms with E-state index in [0.717, 1.165) is 17.7 Å². The Labute approximate surface area is 219 Å². The topological polar surface area (TPSA) is 65.1 Å². The number of hydrogen-bond donors (Lipinski definition) is 0. The van der Waals surface area contributed by atoms with Crippen LogP contribution in [0.15, 0.2) is 65.6 Å². The van der Waals surface area contributed by atoms with Crippen LogP contribution < -0.4 is 20.1 Å². The number of anilines is 1. The Morgan fingerprint density at radius 3 is 2.49 bits per heavy atom. The average molecular weight is 547 g/mol. The zero-order valence-corrected chi connectivity index (χ0v) is 20.9. The van der Waals surface area contributed by atoms with Gasteiger partial charge < -0.3 is 5.11 Å². The summed E-state index contributed by atoms with van der Waals surface area (Å²) in [5, 5.41) is 13.7. The number of pyridine rings is 1. The highest BCUT2D eigenvalue weighted by Crippen LogP contribution is 2.37. The van der Waals surface area contributed by atoms with Crippen molar-refractivity contribution >= 4 is 29.2 Å². The first-order valence-electron chi connectivity index (χ1n) is 11.2. The molecular weight excluding hydrogens is 528 g/mol. The molecule has 3 heterocycles. The molecule has 0 bridgehead atoms. The third-order valence-electron chi connectivity index (χ3n) is 6.32. The number of nitrogens with zero attached hydrogens (tertiary/aromatic N) is 4. The molecule has 0 aliphatic carbocycles. The standard InChI is InChI=1S/C26H19Cl2F3N4O2/c1-33-23(36)22(24(37)35-10-9-34(25(33)35)14-15-5-8-21(28)32-13-15)17-4-2-3-16(11-17)19-7-6-18(12-20(19)27)26(29,30)31/h2-8,11-13H,9-10,14H2,1H3. The fraction of sp³-hybridized carbons (Fsp3) is 0.192. The molecule has 11 heteroatoms. The Bertz CT molecular complexity index is 1570. The zero-order valence-electron chi connectivity index (χ0n) is 19.4. The van der Waals surface area contributed by atoms with E-state index in [1.807, 2.05) is 11.0 Å². The Hall–Kier alpha value is -3.56. The fourth-order valence-electron chi connectivity index (χ4n) is 4.55. The van der Waals surface area contributed by atoms with Crippen LogP contribution in [0.3, 0.4) is 0 Å². The third kappa shape index (κ3) is 4.65. The molecule has 0 radical (unpaired) electrons. The molecule has 0 N–H and O–H groups in total. The van der Waals surface area contributed by atoms with Crippen molar-refractivity contribution in [3.05, 3.63) is 92.5 Å². The van der Waals surface area contributed by atoms with Crippen LogP contribution in [0.1, 0.15) is 11.1 Å². The van der Waals surface area contributed by atoms with Gasteiger partial charge in [-0.05, 0) is 35.4 Å². The number of benzene rings is 2. The van der Waals surface area contributed by atoms with Crippen LogP contribution in [-0.4, -0.2) is 16.1 Å². The van der Waals surface area contributed by atoms with E-state index in [-0.39, 0.29) is 10.6 Å². The zero-order chi connectivity index (χ0) is 26.5. The predicted molar refractivity (Wildman–Crippen MR) is 133 cm³/mol. The lowest BCUT2D eigenvalue weighted by atomic mass is 9.99. The second-order valence-electron chi connectivity index (χ2n) is 8.68. The maximum absolute atomic E-state index is 13.5. The first-order valence-corrected chi connectivity index (χ1v) is 12.0. The van der Waals surface area contributed by atoms with Gasteiger partial charge in [-0.25, -0.2) is 9.55 Å². The maximum Gasteiger partial charge on any atom is 0.416 e. The molecule has 1 aliphatic rings.